The number of aryl methyl sites for hydroxylation is 1. The highest BCUT2D eigenvalue weighted by Gasteiger charge is 2.30. The number of carbonyl (C=O) groups is 1. The lowest BCUT2D eigenvalue weighted by Crippen LogP contribution is -2.19. The molecule has 6 rings (SSSR count). The molecule has 4 aromatic rings. The first-order chi connectivity index (χ1) is 15.6. The van der Waals surface area contributed by atoms with Gasteiger partial charge in [0, 0.05) is 47.4 Å². The molecule has 1 saturated carbocycles. The summed E-state index contributed by atoms with van der Waals surface area (Å²) >= 11 is 0. The van der Waals surface area contributed by atoms with Crippen molar-refractivity contribution in [2.24, 2.45) is 5.92 Å². The number of anilines is 1. The molecule has 162 valence electrons. The van der Waals surface area contributed by atoms with Crippen LogP contribution in [-0.2, 0) is 4.79 Å². The summed E-state index contributed by atoms with van der Waals surface area (Å²) in [5, 5.41) is 8.01. The lowest BCUT2D eigenvalue weighted by molar-refractivity contribution is -0.117. The van der Waals surface area contributed by atoms with Crippen LogP contribution in [-0.4, -0.2) is 40.1 Å². The van der Waals surface area contributed by atoms with E-state index >= 15 is 0 Å². The highest BCUT2D eigenvalue weighted by Crippen LogP contribution is 2.34. The summed E-state index contributed by atoms with van der Waals surface area (Å²) in [4.78, 5) is 25.8. The molecule has 0 spiro atoms. The summed E-state index contributed by atoms with van der Waals surface area (Å²) in [6.45, 7) is 3.77. The number of hydrogen-bond donors (Lipinski definition) is 2. The van der Waals surface area contributed by atoms with Crippen molar-refractivity contribution in [1.82, 2.24) is 20.3 Å². The second-order valence-electron chi connectivity index (χ2n) is 8.52. The molecule has 1 amide bonds. The summed E-state index contributed by atoms with van der Waals surface area (Å²) in [5.74, 6) is 1.92. The van der Waals surface area contributed by atoms with E-state index in [1.807, 2.05) is 31.2 Å². The number of ether oxygens (including phenoxy) is 1. The smallest absolute Gasteiger partial charge is 0.229 e. The third-order valence-electron chi connectivity index (χ3n) is 6.08. The number of aromatic nitrogens is 3. The van der Waals surface area contributed by atoms with Crippen molar-refractivity contribution < 1.29 is 13.9 Å². The van der Waals surface area contributed by atoms with Gasteiger partial charge in [-0.05, 0) is 50.9 Å². The van der Waals surface area contributed by atoms with Gasteiger partial charge in [-0.25, -0.2) is 9.97 Å². The first-order valence-corrected chi connectivity index (χ1v) is 11.0. The van der Waals surface area contributed by atoms with E-state index in [-0.39, 0.29) is 17.9 Å². The van der Waals surface area contributed by atoms with Gasteiger partial charge in [0.1, 0.15) is 23.2 Å². The SMILES string of the molecule is Cc1ncc(-c2nc3cc(OC4CCNC4)ccc3o2)c2cc(NC(=O)C3CC3)ncc12. The van der Waals surface area contributed by atoms with Gasteiger partial charge in [0.15, 0.2) is 5.58 Å². The minimum Gasteiger partial charge on any atom is -0.489 e. The summed E-state index contributed by atoms with van der Waals surface area (Å²) in [5.41, 5.74) is 3.03. The number of oxazole rings is 1. The number of hydrogen-bond acceptors (Lipinski definition) is 7. The average molecular weight is 429 g/mol. The number of carbonyl (C=O) groups excluding carboxylic acids is 1. The Morgan fingerprint density at radius 1 is 1.16 bits per heavy atom. The zero-order valence-corrected chi connectivity index (χ0v) is 17.7. The van der Waals surface area contributed by atoms with E-state index in [9.17, 15) is 4.79 Å². The number of amides is 1. The number of rotatable bonds is 5. The lowest BCUT2D eigenvalue weighted by Gasteiger charge is -2.11. The molecule has 1 unspecified atom stereocenters. The van der Waals surface area contributed by atoms with Crippen LogP contribution in [0.5, 0.6) is 5.75 Å². The van der Waals surface area contributed by atoms with Gasteiger partial charge in [0.05, 0.1) is 5.56 Å². The Bertz CT molecular complexity index is 1340. The Morgan fingerprint density at radius 2 is 2.06 bits per heavy atom. The van der Waals surface area contributed by atoms with Gasteiger partial charge in [-0.2, -0.15) is 0 Å². The Morgan fingerprint density at radius 3 is 2.88 bits per heavy atom. The molecule has 3 aromatic heterocycles. The molecule has 1 aliphatic heterocycles. The largest absolute Gasteiger partial charge is 0.489 e. The third kappa shape index (κ3) is 3.56. The maximum atomic E-state index is 12.2. The van der Waals surface area contributed by atoms with Crippen molar-refractivity contribution >= 4 is 33.6 Å². The molecule has 1 aromatic carbocycles. The predicted octanol–water partition coefficient (Wildman–Crippen LogP) is 3.84. The molecule has 1 aliphatic carbocycles. The number of fused-ring (bicyclic) bond motifs is 2. The molecular weight excluding hydrogens is 406 g/mol. The van der Waals surface area contributed by atoms with Crippen molar-refractivity contribution in [2.45, 2.75) is 32.3 Å². The summed E-state index contributed by atoms with van der Waals surface area (Å²) < 4.78 is 12.1. The summed E-state index contributed by atoms with van der Waals surface area (Å²) in [7, 11) is 0. The van der Waals surface area contributed by atoms with Crippen LogP contribution in [0.2, 0.25) is 0 Å². The Balaban J connectivity index is 1.37. The van der Waals surface area contributed by atoms with E-state index in [1.165, 1.54) is 0 Å². The summed E-state index contributed by atoms with van der Waals surface area (Å²) in [6.07, 6.45) is 6.57. The van der Waals surface area contributed by atoms with Crippen LogP contribution >= 0.6 is 0 Å². The van der Waals surface area contributed by atoms with Gasteiger partial charge in [0.25, 0.3) is 0 Å². The molecule has 0 radical (unpaired) electrons. The normalized spacial score (nSPS) is 18.3. The lowest BCUT2D eigenvalue weighted by atomic mass is 10.1. The first kappa shape index (κ1) is 19.2. The fourth-order valence-corrected chi connectivity index (χ4v) is 4.10. The monoisotopic (exact) mass is 429 g/mol. The number of nitrogens with zero attached hydrogens (tertiary/aromatic N) is 3. The summed E-state index contributed by atoms with van der Waals surface area (Å²) in [6, 6.07) is 7.58. The minimum absolute atomic E-state index is 0.0241. The quantitative estimate of drug-likeness (QED) is 0.497. The Labute approximate surface area is 184 Å². The van der Waals surface area contributed by atoms with Crippen molar-refractivity contribution in [3.8, 4) is 17.2 Å². The van der Waals surface area contributed by atoms with Gasteiger partial charge in [-0.3, -0.25) is 9.78 Å². The van der Waals surface area contributed by atoms with Gasteiger partial charge in [-0.1, -0.05) is 0 Å². The van der Waals surface area contributed by atoms with Crippen LogP contribution in [0, 0.1) is 12.8 Å². The molecule has 2 N–H and O–H groups in total. The van der Waals surface area contributed by atoms with E-state index in [4.69, 9.17) is 14.1 Å². The van der Waals surface area contributed by atoms with Crippen LogP contribution in [0.25, 0.3) is 33.3 Å². The molecule has 8 nitrogen and oxygen atoms in total. The second-order valence-corrected chi connectivity index (χ2v) is 8.52. The maximum absolute atomic E-state index is 12.2. The molecule has 2 aliphatic rings. The van der Waals surface area contributed by atoms with Crippen LogP contribution in [0.15, 0.2) is 41.1 Å². The van der Waals surface area contributed by atoms with Crippen molar-refractivity contribution in [1.29, 1.82) is 0 Å². The highest BCUT2D eigenvalue weighted by molar-refractivity contribution is 6.00. The maximum Gasteiger partial charge on any atom is 0.229 e. The zero-order valence-electron chi connectivity index (χ0n) is 17.7. The zero-order chi connectivity index (χ0) is 21.7. The fourth-order valence-electron chi connectivity index (χ4n) is 4.10. The number of nitrogens with one attached hydrogen (secondary N) is 2. The van der Waals surface area contributed by atoms with Gasteiger partial charge in [0.2, 0.25) is 11.8 Å². The molecule has 8 heteroatoms. The van der Waals surface area contributed by atoms with Crippen molar-refractivity contribution in [3.63, 3.8) is 0 Å². The van der Waals surface area contributed by atoms with E-state index in [2.05, 4.69) is 20.6 Å². The van der Waals surface area contributed by atoms with Crippen LogP contribution in [0.4, 0.5) is 5.82 Å². The van der Waals surface area contributed by atoms with Gasteiger partial charge >= 0.3 is 0 Å². The van der Waals surface area contributed by atoms with Gasteiger partial charge < -0.3 is 19.8 Å². The minimum atomic E-state index is 0.0241. The molecule has 2 fully saturated rings. The Kier molecular flexibility index (Phi) is 4.53. The van der Waals surface area contributed by atoms with Gasteiger partial charge in [-0.15, -0.1) is 0 Å². The van der Waals surface area contributed by atoms with E-state index in [0.717, 1.165) is 65.6 Å². The highest BCUT2D eigenvalue weighted by atomic mass is 16.5. The predicted molar refractivity (Wildman–Crippen MR) is 121 cm³/mol. The van der Waals surface area contributed by atoms with Crippen LogP contribution in [0.1, 0.15) is 25.0 Å². The molecule has 4 heterocycles. The Hall–Kier alpha value is -3.52. The van der Waals surface area contributed by atoms with Crippen molar-refractivity contribution in [2.75, 3.05) is 18.4 Å². The molecule has 32 heavy (non-hydrogen) atoms. The molecule has 0 bridgehead atoms. The topological polar surface area (TPSA) is 102 Å². The van der Waals surface area contributed by atoms with Crippen molar-refractivity contribution in [3.05, 3.63) is 42.4 Å². The molecule has 1 atom stereocenters. The number of benzene rings is 1. The van der Waals surface area contributed by atoms with E-state index in [0.29, 0.717) is 17.3 Å². The average Bonchev–Trinajstić information content (AvgIpc) is 3.37. The fraction of sp³-hybridized carbons (Fsp3) is 0.333. The molecule has 1 saturated heterocycles. The van der Waals surface area contributed by atoms with E-state index < -0.39 is 0 Å². The first-order valence-electron chi connectivity index (χ1n) is 11.0. The molecular formula is C24H23N5O3. The number of pyridine rings is 2. The standard InChI is InChI=1S/C24H23N5O3/c1-13-18-11-27-22(29-23(30)14-2-3-14)9-17(18)19(12-26-13)24-28-20-8-15(4-5-21(20)32-24)31-16-6-7-25-10-16/h4-5,8-9,11-12,14,16,25H,2-3,6-7,10H2,1H3,(H,27,29,30). The van der Waals surface area contributed by atoms with Crippen LogP contribution in [0.3, 0.4) is 0 Å². The third-order valence-corrected chi connectivity index (χ3v) is 6.08. The second kappa shape index (κ2) is 7.56. The van der Waals surface area contributed by atoms with E-state index in [1.54, 1.807) is 12.4 Å². The van der Waals surface area contributed by atoms with Crippen LogP contribution < -0.4 is 15.4 Å².